The van der Waals surface area contributed by atoms with Crippen molar-refractivity contribution in [3.05, 3.63) is 54.4 Å². The first-order chi connectivity index (χ1) is 11.0. The van der Waals surface area contributed by atoms with Gasteiger partial charge in [-0.05, 0) is 39.0 Å². The van der Waals surface area contributed by atoms with Crippen LogP contribution < -0.4 is 4.74 Å². The van der Waals surface area contributed by atoms with Crippen LogP contribution in [0.2, 0.25) is 0 Å². The van der Waals surface area contributed by atoms with E-state index in [9.17, 15) is 0 Å². The maximum absolute atomic E-state index is 6.01. The lowest BCUT2D eigenvalue weighted by Crippen LogP contribution is -2.51. The van der Waals surface area contributed by atoms with Crippen LogP contribution in [0.4, 0.5) is 0 Å². The van der Waals surface area contributed by atoms with Gasteiger partial charge < -0.3 is 9.47 Å². The van der Waals surface area contributed by atoms with E-state index in [4.69, 9.17) is 9.47 Å². The quantitative estimate of drug-likeness (QED) is 0.858. The molecule has 0 aliphatic carbocycles. The molecule has 4 heteroatoms. The fourth-order valence-corrected chi connectivity index (χ4v) is 3.22. The van der Waals surface area contributed by atoms with Gasteiger partial charge in [-0.15, -0.1) is 0 Å². The summed E-state index contributed by atoms with van der Waals surface area (Å²) in [4.78, 5) is 6.53. The minimum absolute atomic E-state index is 0.114. The van der Waals surface area contributed by atoms with Crippen LogP contribution in [0.1, 0.15) is 26.3 Å². The largest absolute Gasteiger partial charge is 0.455 e. The van der Waals surface area contributed by atoms with E-state index in [1.807, 2.05) is 24.3 Å². The first kappa shape index (κ1) is 16.0. The number of rotatable bonds is 4. The number of ether oxygens (including phenoxy) is 2. The first-order valence-corrected chi connectivity index (χ1v) is 8.08. The van der Waals surface area contributed by atoms with E-state index in [0.29, 0.717) is 0 Å². The molecule has 0 amide bonds. The Balaban J connectivity index is 1.75. The molecule has 2 heterocycles. The van der Waals surface area contributed by atoms with Crippen LogP contribution in [0.25, 0.3) is 0 Å². The highest BCUT2D eigenvalue weighted by atomic mass is 16.5. The molecule has 1 unspecified atom stereocenters. The average molecular weight is 312 g/mol. The minimum atomic E-state index is -0.114. The van der Waals surface area contributed by atoms with Gasteiger partial charge >= 0.3 is 0 Å². The summed E-state index contributed by atoms with van der Waals surface area (Å²) >= 11 is 0. The summed E-state index contributed by atoms with van der Waals surface area (Å²) in [5, 5.41) is 0. The fraction of sp³-hybridized carbons (Fsp3) is 0.421. The zero-order valence-electron chi connectivity index (χ0n) is 14.0. The van der Waals surface area contributed by atoms with Crippen LogP contribution in [-0.2, 0) is 11.3 Å². The Kier molecular flexibility index (Phi) is 4.64. The average Bonchev–Trinajstić information content (AvgIpc) is 2.48. The molecular weight excluding hydrogens is 288 g/mol. The third-order valence-corrected chi connectivity index (χ3v) is 3.87. The molecule has 1 aliphatic rings. The van der Waals surface area contributed by atoms with Gasteiger partial charge in [0.25, 0.3) is 0 Å². The molecule has 1 atom stereocenters. The monoisotopic (exact) mass is 312 g/mol. The Morgan fingerprint density at radius 2 is 2.09 bits per heavy atom. The second-order valence-corrected chi connectivity index (χ2v) is 6.76. The molecule has 0 radical (unpaired) electrons. The lowest BCUT2D eigenvalue weighted by molar-refractivity contribution is -0.130. The molecular formula is C19H24N2O2. The molecule has 122 valence electrons. The topological polar surface area (TPSA) is 34.6 Å². The number of nitrogens with zero attached hydrogens (tertiary/aromatic N) is 2. The molecule has 23 heavy (non-hydrogen) atoms. The summed E-state index contributed by atoms with van der Waals surface area (Å²) in [5.74, 6) is 1.65. The van der Waals surface area contributed by atoms with E-state index in [2.05, 4.69) is 42.8 Å². The number of hydrogen-bond donors (Lipinski definition) is 0. The van der Waals surface area contributed by atoms with Crippen molar-refractivity contribution in [2.75, 3.05) is 13.1 Å². The minimum Gasteiger partial charge on any atom is -0.455 e. The summed E-state index contributed by atoms with van der Waals surface area (Å²) in [6.45, 7) is 9.13. The molecule has 0 N–H and O–H groups in total. The van der Waals surface area contributed by atoms with Crippen LogP contribution in [0.3, 0.4) is 0 Å². The third kappa shape index (κ3) is 4.30. The van der Waals surface area contributed by atoms with Gasteiger partial charge in [0.2, 0.25) is 0 Å². The van der Waals surface area contributed by atoms with Crippen molar-refractivity contribution in [3.8, 4) is 11.5 Å². The van der Waals surface area contributed by atoms with E-state index in [0.717, 1.165) is 31.1 Å². The van der Waals surface area contributed by atoms with Crippen LogP contribution >= 0.6 is 0 Å². The summed E-state index contributed by atoms with van der Waals surface area (Å²) in [6.07, 6.45) is 3.72. The van der Waals surface area contributed by atoms with Crippen molar-refractivity contribution in [2.24, 2.45) is 0 Å². The smallest absolute Gasteiger partial charge is 0.145 e. The van der Waals surface area contributed by atoms with Crippen LogP contribution in [0, 0.1) is 0 Å². The second kappa shape index (κ2) is 6.69. The van der Waals surface area contributed by atoms with Gasteiger partial charge in [-0.3, -0.25) is 9.88 Å². The lowest BCUT2D eigenvalue weighted by Gasteiger charge is -2.41. The predicted octanol–water partition coefficient (Wildman–Crippen LogP) is 3.87. The van der Waals surface area contributed by atoms with Crippen molar-refractivity contribution < 1.29 is 9.47 Å². The Morgan fingerprint density at radius 3 is 2.83 bits per heavy atom. The highest BCUT2D eigenvalue weighted by molar-refractivity contribution is 5.37. The maximum Gasteiger partial charge on any atom is 0.145 e. The maximum atomic E-state index is 6.01. The molecule has 0 bridgehead atoms. The van der Waals surface area contributed by atoms with Gasteiger partial charge in [-0.2, -0.15) is 0 Å². The SMILES string of the molecule is CC1CN(Cc2ccccc2Oc2cccnc2)CC(C)(C)O1. The van der Waals surface area contributed by atoms with E-state index in [-0.39, 0.29) is 11.7 Å². The molecule has 2 aromatic rings. The van der Waals surface area contributed by atoms with Crippen molar-refractivity contribution >= 4 is 0 Å². The summed E-state index contributed by atoms with van der Waals surface area (Å²) in [7, 11) is 0. The number of morpholine rings is 1. The van der Waals surface area contributed by atoms with Gasteiger partial charge in [0.05, 0.1) is 17.9 Å². The molecule has 1 aromatic carbocycles. The van der Waals surface area contributed by atoms with E-state index in [1.54, 1.807) is 12.4 Å². The molecule has 1 saturated heterocycles. The second-order valence-electron chi connectivity index (χ2n) is 6.76. The van der Waals surface area contributed by atoms with Gasteiger partial charge in [0.1, 0.15) is 11.5 Å². The lowest BCUT2D eigenvalue weighted by atomic mass is 10.0. The van der Waals surface area contributed by atoms with Crippen molar-refractivity contribution in [2.45, 2.75) is 39.0 Å². The highest BCUT2D eigenvalue weighted by Gasteiger charge is 2.31. The predicted molar refractivity (Wildman–Crippen MR) is 90.7 cm³/mol. The molecule has 1 aromatic heterocycles. The number of benzene rings is 1. The van der Waals surface area contributed by atoms with Crippen molar-refractivity contribution in [1.29, 1.82) is 0 Å². The highest BCUT2D eigenvalue weighted by Crippen LogP contribution is 2.28. The first-order valence-electron chi connectivity index (χ1n) is 8.08. The Morgan fingerprint density at radius 1 is 1.26 bits per heavy atom. The zero-order chi connectivity index (χ0) is 16.3. The zero-order valence-corrected chi connectivity index (χ0v) is 14.0. The number of para-hydroxylation sites is 1. The fourth-order valence-electron chi connectivity index (χ4n) is 3.22. The summed E-state index contributed by atoms with van der Waals surface area (Å²) in [6, 6.07) is 12.0. The van der Waals surface area contributed by atoms with E-state index < -0.39 is 0 Å². The van der Waals surface area contributed by atoms with Crippen LogP contribution in [-0.4, -0.2) is 34.7 Å². The summed E-state index contributed by atoms with van der Waals surface area (Å²) < 4.78 is 12.0. The number of aromatic nitrogens is 1. The van der Waals surface area contributed by atoms with Gasteiger partial charge in [0.15, 0.2) is 0 Å². The Hall–Kier alpha value is -1.91. The number of pyridine rings is 1. The van der Waals surface area contributed by atoms with E-state index >= 15 is 0 Å². The number of hydrogen-bond acceptors (Lipinski definition) is 4. The Bertz CT molecular complexity index is 643. The normalized spacial score (nSPS) is 21.1. The molecule has 0 spiro atoms. The molecule has 3 rings (SSSR count). The van der Waals surface area contributed by atoms with Crippen molar-refractivity contribution in [1.82, 2.24) is 9.88 Å². The van der Waals surface area contributed by atoms with E-state index in [1.165, 1.54) is 5.56 Å². The van der Waals surface area contributed by atoms with Crippen LogP contribution in [0.5, 0.6) is 11.5 Å². The third-order valence-electron chi connectivity index (χ3n) is 3.87. The summed E-state index contributed by atoms with van der Waals surface area (Å²) in [5.41, 5.74) is 1.07. The van der Waals surface area contributed by atoms with Gasteiger partial charge in [-0.25, -0.2) is 0 Å². The van der Waals surface area contributed by atoms with Gasteiger partial charge in [-0.1, -0.05) is 18.2 Å². The van der Waals surface area contributed by atoms with Crippen molar-refractivity contribution in [3.63, 3.8) is 0 Å². The van der Waals surface area contributed by atoms with Crippen LogP contribution in [0.15, 0.2) is 48.8 Å². The molecule has 0 saturated carbocycles. The molecule has 4 nitrogen and oxygen atoms in total. The standard InChI is InChI=1S/C19H24N2O2/c1-15-12-21(14-19(2,3)23-15)13-16-7-4-5-9-18(16)22-17-8-6-10-20-11-17/h4-11,15H,12-14H2,1-3H3. The molecule has 1 fully saturated rings. The molecule has 1 aliphatic heterocycles. The Labute approximate surface area is 138 Å². The van der Waals surface area contributed by atoms with Gasteiger partial charge in [0, 0.05) is 31.4 Å².